The summed E-state index contributed by atoms with van der Waals surface area (Å²) in [4.78, 5) is 18.5. The van der Waals surface area contributed by atoms with E-state index in [1.165, 1.54) is 5.56 Å². The molecule has 0 unspecified atom stereocenters. The minimum absolute atomic E-state index is 0.218. The zero-order valence-corrected chi connectivity index (χ0v) is 20.9. The number of amides is 1. The van der Waals surface area contributed by atoms with E-state index in [0.717, 1.165) is 33.4 Å². The molecule has 6 nitrogen and oxygen atoms in total. The highest BCUT2D eigenvalue weighted by Crippen LogP contribution is 2.30. The molecule has 0 saturated carbocycles. The van der Waals surface area contributed by atoms with E-state index in [0.29, 0.717) is 29.3 Å². The molecule has 0 atom stereocenters. The number of benzene rings is 3. The molecular formula is C30H28N4O2. The number of ether oxygens (including phenoxy) is 1. The van der Waals surface area contributed by atoms with Crippen molar-refractivity contribution < 1.29 is 9.53 Å². The van der Waals surface area contributed by atoms with Crippen LogP contribution in [-0.4, -0.2) is 27.3 Å². The van der Waals surface area contributed by atoms with Crippen molar-refractivity contribution in [2.45, 2.75) is 27.7 Å². The number of nitrogens with zero attached hydrogens (tertiary/aromatic N) is 3. The van der Waals surface area contributed by atoms with Crippen LogP contribution in [0.5, 0.6) is 5.75 Å². The van der Waals surface area contributed by atoms with E-state index < -0.39 is 0 Å². The summed E-state index contributed by atoms with van der Waals surface area (Å²) in [6.45, 7) is 8.52. The van der Waals surface area contributed by atoms with Gasteiger partial charge in [-0.15, -0.1) is 0 Å². The molecular weight excluding hydrogens is 448 g/mol. The van der Waals surface area contributed by atoms with Crippen LogP contribution in [0.25, 0.3) is 27.8 Å². The van der Waals surface area contributed by atoms with Crippen LogP contribution in [0.3, 0.4) is 0 Å². The number of hydrogen-bond donors (Lipinski definition) is 1. The maximum Gasteiger partial charge on any atom is 0.256 e. The number of aromatic nitrogens is 3. The van der Waals surface area contributed by atoms with Gasteiger partial charge in [0.05, 0.1) is 46.6 Å². The number of hydrogen-bond acceptors (Lipinski definition) is 4. The summed E-state index contributed by atoms with van der Waals surface area (Å²) in [7, 11) is 0. The Morgan fingerprint density at radius 1 is 0.944 bits per heavy atom. The van der Waals surface area contributed by atoms with Gasteiger partial charge >= 0.3 is 0 Å². The number of aryl methyl sites for hydroxylation is 2. The lowest BCUT2D eigenvalue weighted by atomic mass is 10.0. The normalized spacial score (nSPS) is 11.0. The van der Waals surface area contributed by atoms with E-state index in [1.54, 1.807) is 0 Å². The monoisotopic (exact) mass is 476 g/mol. The summed E-state index contributed by atoms with van der Waals surface area (Å²) < 4.78 is 7.60. The van der Waals surface area contributed by atoms with Crippen LogP contribution in [0.4, 0.5) is 5.69 Å². The van der Waals surface area contributed by atoms with Crippen molar-refractivity contribution in [1.29, 1.82) is 0 Å². The fourth-order valence-corrected chi connectivity index (χ4v) is 4.31. The summed E-state index contributed by atoms with van der Waals surface area (Å²) in [6, 6.07) is 23.5. The average Bonchev–Trinajstić information content (AvgIpc) is 3.26. The molecule has 2 heterocycles. The van der Waals surface area contributed by atoms with Gasteiger partial charge in [-0.2, -0.15) is 5.10 Å². The van der Waals surface area contributed by atoms with Gasteiger partial charge in [0.2, 0.25) is 0 Å². The van der Waals surface area contributed by atoms with Crippen LogP contribution < -0.4 is 10.1 Å². The Kier molecular flexibility index (Phi) is 6.25. The average molecular weight is 477 g/mol. The number of nitrogens with one attached hydrogen (secondary N) is 1. The van der Waals surface area contributed by atoms with E-state index >= 15 is 0 Å². The molecule has 1 amide bonds. The summed E-state index contributed by atoms with van der Waals surface area (Å²) in [5.41, 5.74) is 7.69. The van der Waals surface area contributed by atoms with Crippen LogP contribution in [0, 0.1) is 20.8 Å². The number of carbonyl (C=O) groups is 1. The molecule has 0 radical (unpaired) electrons. The largest absolute Gasteiger partial charge is 0.492 e. The summed E-state index contributed by atoms with van der Waals surface area (Å²) >= 11 is 0. The number of para-hydroxylation sites is 2. The molecule has 0 fully saturated rings. The van der Waals surface area contributed by atoms with E-state index in [9.17, 15) is 4.79 Å². The molecule has 2 aromatic heterocycles. The molecule has 0 aliphatic carbocycles. The maximum atomic E-state index is 13.6. The Morgan fingerprint density at radius 2 is 1.69 bits per heavy atom. The van der Waals surface area contributed by atoms with Gasteiger partial charge in [-0.05, 0) is 70.2 Å². The van der Waals surface area contributed by atoms with Crippen molar-refractivity contribution in [3.05, 3.63) is 101 Å². The molecule has 0 saturated heterocycles. The standard InChI is InChI=1S/C30H28N4O2/c1-5-36-29-9-7-6-8-27(29)33-30(35)24-17-28(32-26-15-12-20(3)16-23(24)26)25-18-31-34(21(25)4)22-13-10-19(2)11-14-22/h6-18H,5H2,1-4H3,(H,33,35). The predicted octanol–water partition coefficient (Wildman–Crippen LogP) is 6.66. The minimum atomic E-state index is -0.218. The van der Waals surface area contributed by atoms with Gasteiger partial charge in [-0.25, -0.2) is 9.67 Å². The second-order valence-electron chi connectivity index (χ2n) is 8.85. The zero-order valence-electron chi connectivity index (χ0n) is 20.9. The van der Waals surface area contributed by atoms with Crippen molar-refractivity contribution in [2.75, 3.05) is 11.9 Å². The highest BCUT2D eigenvalue weighted by Gasteiger charge is 2.19. The van der Waals surface area contributed by atoms with Crippen LogP contribution in [-0.2, 0) is 0 Å². The number of fused-ring (bicyclic) bond motifs is 1. The molecule has 0 spiro atoms. The summed E-state index contributed by atoms with van der Waals surface area (Å²) in [6.07, 6.45) is 1.81. The van der Waals surface area contributed by atoms with E-state index in [4.69, 9.17) is 9.72 Å². The van der Waals surface area contributed by atoms with Crippen molar-refractivity contribution in [2.24, 2.45) is 0 Å². The Bertz CT molecular complexity index is 1570. The Hall–Kier alpha value is -4.45. The van der Waals surface area contributed by atoms with Crippen LogP contribution in [0.1, 0.15) is 34.1 Å². The first kappa shape index (κ1) is 23.3. The lowest BCUT2D eigenvalue weighted by Crippen LogP contribution is -2.14. The molecule has 1 N–H and O–H groups in total. The molecule has 0 aliphatic rings. The Labute approximate surface area is 210 Å². The van der Waals surface area contributed by atoms with Gasteiger partial charge in [-0.3, -0.25) is 4.79 Å². The third-order valence-corrected chi connectivity index (χ3v) is 6.21. The van der Waals surface area contributed by atoms with Gasteiger partial charge < -0.3 is 10.1 Å². The highest BCUT2D eigenvalue weighted by molar-refractivity contribution is 6.13. The van der Waals surface area contributed by atoms with Gasteiger partial charge in [0.15, 0.2) is 0 Å². The van der Waals surface area contributed by atoms with Crippen LogP contribution >= 0.6 is 0 Å². The predicted molar refractivity (Wildman–Crippen MR) is 144 cm³/mol. The maximum absolute atomic E-state index is 13.6. The SMILES string of the molecule is CCOc1ccccc1NC(=O)c1cc(-c2cnn(-c3ccc(C)cc3)c2C)nc2ccc(C)cc12. The number of carbonyl (C=O) groups excluding carboxylic acids is 1. The number of anilines is 1. The first-order chi connectivity index (χ1) is 17.4. The number of rotatable bonds is 6. The quantitative estimate of drug-likeness (QED) is 0.297. The number of pyridine rings is 1. The van der Waals surface area contributed by atoms with E-state index in [2.05, 4.69) is 29.5 Å². The van der Waals surface area contributed by atoms with E-state index in [-0.39, 0.29) is 5.91 Å². The fourth-order valence-electron chi connectivity index (χ4n) is 4.31. The molecule has 180 valence electrons. The smallest absolute Gasteiger partial charge is 0.256 e. The third-order valence-electron chi connectivity index (χ3n) is 6.21. The lowest BCUT2D eigenvalue weighted by molar-refractivity contribution is 0.102. The molecule has 0 bridgehead atoms. The molecule has 0 aliphatic heterocycles. The Morgan fingerprint density at radius 3 is 2.47 bits per heavy atom. The van der Waals surface area contributed by atoms with Crippen molar-refractivity contribution in [3.8, 4) is 22.7 Å². The Balaban J connectivity index is 1.60. The van der Waals surface area contributed by atoms with Crippen molar-refractivity contribution in [1.82, 2.24) is 14.8 Å². The second-order valence-corrected chi connectivity index (χ2v) is 8.85. The molecule has 6 heteroatoms. The van der Waals surface area contributed by atoms with Crippen molar-refractivity contribution >= 4 is 22.5 Å². The van der Waals surface area contributed by atoms with Gasteiger partial charge in [0.1, 0.15) is 5.75 Å². The van der Waals surface area contributed by atoms with Gasteiger partial charge in [-0.1, -0.05) is 41.5 Å². The molecule has 5 aromatic rings. The second kappa shape index (κ2) is 9.66. The molecule has 5 rings (SSSR count). The van der Waals surface area contributed by atoms with Crippen molar-refractivity contribution in [3.63, 3.8) is 0 Å². The first-order valence-electron chi connectivity index (χ1n) is 12.0. The summed E-state index contributed by atoms with van der Waals surface area (Å²) in [5, 5.41) is 8.46. The zero-order chi connectivity index (χ0) is 25.2. The lowest BCUT2D eigenvalue weighted by Gasteiger charge is -2.14. The van der Waals surface area contributed by atoms with Crippen LogP contribution in [0.15, 0.2) is 79.0 Å². The summed E-state index contributed by atoms with van der Waals surface area (Å²) in [5.74, 6) is 0.420. The topological polar surface area (TPSA) is 69.0 Å². The van der Waals surface area contributed by atoms with Gasteiger partial charge in [0, 0.05) is 10.9 Å². The fraction of sp³-hybridized carbons (Fsp3) is 0.167. The van der Waals surface area contributed by atoms with Gasteiger partial charge in [0.25, 0.3) is 5.91 Å². The first-order valence-corrected chi connectivity index (χ1v) is 12.0. The molecule has 3 aromatic carbocycles. The molecule has 36 heavy (non-hydrogen) atoms. The highest BCUT2D eigenvalue weighted by atomic mass is 16.5. The van der Waals surface area contributed by atoms with Crippen LogP contribution in [0.2, 0.25) is 0 Å². The minimum Gasteiger partial charge on any atom is -0.492 e. The third kappa shape index (κ3) is 4.45. The van der Waals surface area contributed by atoms with E-state index in [1.807, 2.05) is 92.3 Å².